The molecule has 0 atom stereocenters. The predicted molar refractivity (Wildman–Crippen MR) is 136 cm³/mol. The summed E-state index contributed by atoms with van der Waals surface area (Å²) in [6, 6.07) is 13.1. The molecule has 0 aliphatic carbocycles. The fraction of sp³-hybridized carbons (Fsp3) is 0.423. The molecule has 0 spiro atoms. The number of H-pyrrole nitrogens is 1. The molecule has 2 aliphatic rings. The molecule has 7 nitrogen and oxygen atoms in total. The number of anilines is 2. The first-order valence-corrected chi connectivity index (χ1v) is 13.7. The number of amides is 1. The number of fused-ring (bicyclic) bond motifs is 1. The Kier molecular flexibility index (Phi) is 6.61. The highest BCUT2D eigenvalue weighted by atomic mass is 32.2. The van der Waals surface area contributed by atoms with Gasteiger partial charge in [-0.1, -0.05) is 24.6 Å². The number of hydrogen-bond acceptors (Lipinski definition) is 4. The minimum absolute atomic E-state index is 0.157. The van der Waals surface area contributed by atoms with Crippen molar-refractivity contribution in [3.05, 3.63) is 54.2 Å². The fourth-order valence-corrected chi connectivity index (χ4v) is 6.63. The standard InChI is InChI=1S/C26H32N4O3S/c31-26(17-20-19-27-23-10-4-3-9-22(20)23)28-24-18-21(34(32,33)30-15-7-2-8-16-30)11-12-25(24)29-13-5-1-6-14-29/h3-4,9-12,18-19,27H,1-2,5-8,13-17H2,(H,28,31). The highest BCUT2D eigenvalue weighted by Crippen LogP contribution is 2.33. The van der Waals surface area contributed by atoms with Gasteiger partial charge in [0.15, 0.2) is 0 Å². The zero-order chi connectivity index (χ0) is 23.5. The summed E-state index contributed by atoms with van der Waals surface area (Å²) in [6.45, 7) is 2.92. The molecular formula is C26H32N4O3S. The minimum Gasteiger partial charge on any atom is -0.370 e. The molecule has 1 aromatic heterocycles. The van der Waals surface area contributed by atoms with Crippen molar-refractivity contribution >= 4 is 38.2 Å². The lowest BCUT2D eigenvalue weighted by atomic mass is 10.1. The largest absolute Gasteiger partial charge is 0.370 e. The molecule has 0 saturated carbocycles. The molecule has 2 N–H and O–H groups in total. The number of rotatable bonds is 6. The molecule has 0 radical (unpaired) electrons. The third kappa shape index (κ3) is 4.70. The van der Waals surface area contributed by atoms with Gasteiger partial charge in [0, 0.05) is 43.3 Å². The van der Waals surface area contributed by atoms with Gasteiger partial charge in [0.05, 0.1) is 22.7 Å². The Labute approximate surface area is 201 Å². The Bertz CT molecular complexity index is 1270. The first kappa shape index (κ1) is 22.9. The first-order chi connectivity index (χ1) is 16.5. The number of benzene rings is 2. The van der Waals surface area contributed by atoms with Gasteiger partial charge in [-0.15, -0.1) is 0 Å². The number of nitrogens with zero attached hydrogens (tertiary/aromatic N) is 2. The summed E-state index contributed by atoms with van der Waals surface area (Å²) in [5.74, 6) is -0.157. The van der Waals surface area contributed by atoms with Crippen LogP contribution >= 0.6 is 0 Å². The van der Waals surface area contributed by atoms with Gasteiger partial charge in [0.2, 0.25) is 15.9 Å². The fourth-order valence-electron chi connectivity index (χ4n) is 5.09. The van der Waals surface area contributed by atoms with E-state index in [0.717, 1.165) is 67.3 Å². The summed E-state index contributed by atoms with van der Waals surface area (Å²) >= 11 is 0. The number of carbonyl (C=O) groups is 1. The van der Waals surface area contributed by atoms with E-state index in [-0.39, 0.29) is 17.2 Å². The van der Waals surface area contributed by atoms with Crippen LogP contribution in [0.2, 0.25) is 0 Å². The number of aromatic amines is 1. The normalized spacial score (nSPS) is 17.7. The van der Waals surface area contributed by atoms with E-state index < -0.39 is 10.0 Å². The number of piperidine rings is 2. The lowest BCUT2D eigenvalue weighted by Crippen LogP contribution is -2.36. The Hall–Kier alpha value is -2.84. The van der Waals surface area contributed by atoms with Gasteiger partial charge in [-0.25, -0.2) is 8.42 Å². The maximum atomic E-state index is 13.3. The molecule has 1 amide bonds. The van der Waals surface area contributed by atoms with E-state index in [0.29, 0.717) is 18.8 Å². The van der Waals surface area contributed by atoms with Crippen molar-refractivity contribution in [1.29, 1.82) is 0 Å². The van der Waals surface area contributed by atoms with E-state index in [2.05, 4.69) is 15.2 Å². The van der Waals surface area contributed by atoms with Crippen molar-refractivity contribution in [2.45, 2.75) is 49.8 Å². The van der Waals surface area contributed by atoms with Crippen LogP contribution in [0.1, 0.15) is 44.1 Å². The highest BCUT2D eigenvalue weighted by Gasteiger charge is 2.27. The second-order valence-corrected chi connectivity index (χ2v) is 11.2. The molecule has 3 aromatic rings. The Balaban J connectivity index is 1.44. The smallest absolute Gasteiger partial charge is 0.243 e. The lowest BCUT2D eigenvalue weighted by molar-refractivity contribution is -0.115. The third-order valence-corrected chi connectivity index (χ3v) is 8.81. The van der Waals surface area contributed by atoms with Crippen molar-refractivity contribution in [3.8, 4) is 0 Å². The van der Waals surface area contributed by atoms with E-state index >= 15 is 0 Å². The molecule has 2 fully saturated rings. The summed E-state index contributed by atoms with van der Waals surface area (Å²) in [5, 5.41) is 4.07. The van der Waals surface area contributed by atoms with Crippen LogP contribution in [0, 0.1) is 0 Å². The highest BCUT2D eigenvalue weighted by molar-refractivity contribution is 7.89. The summed E-state index contributed by atoms with van der Waals surface area (Å²) in [5.41, 5.74) is 3.38. The van der Waals surface area contributed by atoms with Crippen molar-refractivity contribution in [2.75, 3.05) is 36.4 Å². The number of para-hydroxylation sites is 1. The van der Waals surface area contributed by atoms with Gasteiger partial charge in [0.1, 0.15) is 0 Å². The van der Waals surface area contributed by atoms with Gasteiger partial charge in [-0.2, -0.15) is 4.31 Å². The maximum Gasteiger partial charge on any atom is 0.243 e. The van der Waals surface area contributed by atoms with Crippen LogP contribution in [-0.2, 0) is 21.2 Å². The minimum atomic E-state index is -3.59. The molecule has 0 unspecified atom stereocenters. The van der Waals surface area contributed by atoms with Gasteiger partial charge in [-0.3, -0.25) is 4.79 Å². The van der Waals surface area contributed by atoms with Crippen LogP contribution in [0.4, 0.5) is 11.4 Å². The molecule has 2 saturated heterocycles. The quantitative estimate of drug-likeness (QED) is 0.543. The zero-order valence-corrected chi connectivity index (χ0v) is 20.2. The van der Waals surface area contributed by atoms with Crippen molar-refractivity contribution in [2.24, 2.45) is 0 Å². The average Bonchev–Trinajstić information content (AvgIpc) is 3.27. The molecule has 8 heteroatoms. The molecule has 3 heterocycles. The van der Waals surface area contributed by atoms with Crippen LogP contribution in [0.3, 0.4) is 0 Å². The molecule has 180 valence electrons. The topological polar surface area (TPSA) is 85.5 Å². The molecule has 0 bridgehead atoms. The number of aromatic nitrogens is 1. The monoisotopic (exact) mass is 480 g/mol. The van der Waals surface area contributed by atoms with Crippen LogP contribution in [0.5, 0.6) is 0 Å². The first-order valence-electron chi connectivity index (χ1n) is 12.3. The van der Waals surface area contributed by atoms with E-state index in [1.165, 1.54) is 6.42 Å². The van der Waals surface area contributed by atoms with Crippen LogP contribution in [-0.4, -0.2) is 49.8 Å². The number of carbonyl (C=O) groups excluding carboxylic acids is 1. The summed E-state index contributed by atoms with van der Waals surface area (Å²) in [4.78, 5) is 18.8. The molecule has 2 aromatic carbocycles. The van der Waals surface area contributed by atoms with E-state index in [9.17, 15) is 13.2 Å². The van der Waals surface area contributed by atoms with Gasteiger partial charge in [0.25, 0.3) is 0 Å². The summed E-state index contributed by atoms with van der Waals surface area (Å²) in [7, 11) is -3.59. The lowest BCUT2D eigenvalue weighted by Gasteiger charge is -2.31. The Morgan fingerprint density at radius 1 is 0.912 bits per heavy atom. The van der Waals surface area contributed by atoms with Gasteiger partial charge in [-0.05, 0) is 61.9 Å². The van der Waals surface area contributed by atoms with Crippen LogP contribution in [0.25, 0.3) is 10.9 Å². The van der Waals surface area contributed by atoms with Gasteiger partial charge < -0.3 is 15.2 Å². The molecule has 34 heavy (non-hydrogen) atoms. The predicted octanol–water partition coefficient (Wildman–Crippen LogP) is 4.51. The molecular weight excluding hydrogens is 448 g/mol. The van der Waals surface area contributed by atoms with E-state index in [4.69, 9.17) is 0 Å². The number of sulfonamides is 1. The maximum absolute atomic E-state index is 13.3. The van der Waals surface area contributed by atoms with Crippen molar-refractivity contribution in [1.82, 2.24) is 9.29 Å². The van der Waals surface area contributed by atoms with Crippen molar-refractivity contribution in [3.63, 3.8) is 0 Å². The average molecular weight is 481 g/mol. The second-order valence-electron chi connectivity index (χ2n) is 9.28. The SMILES string of the molecule is O=C(Cc1c[nH]c2ccccc12)Nc1cc(S(=O)(=O)N2CCCCC2)ccc1N1CCCCC1. The van der Waals surface area contributed by atoms with Crippen LogP contribution < -0.4 is 10.2 Å². The second kappa shape index (κ2) is 9.80. The number of nitrogens with one attached hydrogen (secondary N) is 2. The molecule has 2 aliphatic heterocycles. The summed E-state index contributed by atoms with van der Waals surface area (Å²) < 4.78 is 28.2. The van der Waals surface area contributed by atoms with E-state index in [1.54, 1.807) is 16.4 Å². The summed E-state index contributed by atoms with van der Waals surface area (Å²) in [6.07, 6.45) is 8.31. The van der Waals surface area contributed by atoms with E-state index in [1.807, 2.05) is 36.5 Å². The van der Waals surface area contributed by atoms with Crippen molar-refractivity contribution < 1.29 is 13.2 Å². The Morgan fingerprint density at radius 3 is 2.38 bits per heavy atom. The van der Waals surface area contributed by atoms with Crippen LogP contribution in [0.15, 0.2) is 53.6 Å². The number of hydrogen-bond donors (Lipinski definition) is 2. The Morgan fingerprint density at radius 2 is 1.62 bits per heavy atom. The molecule has 5 rings (SSSR count). The van der Waals surface area contributed by atoms with Gasteiger partial charge >= 0.3 is 0 Å². The third-order valence-electron chi connectivity index (χ3n) is 6.92. The zero-order valence-electron chi connectivity index (χ0n) is 19.4.